The van der Waals surface area contributed by atoms with Gasteiger partial charge in [-0.2, -0.15) is 0 Å². The first-order valence-electron chi connectivity index (χ1n) is 8.26. The first kappa shape index (κ1) is 18.8. The standard InChI is InChI=1S/C16H24N4O5/c1-4-25-16(23)11-5-7-20(8-6-11)13(21)9-17-14(22)12-10-19(2)18-15(12)24-3/h10-11H,4-9H2,1-3H3,(H,17,22). The van der Waals surface area contributed by atoms with Gasteiger partial charge in [-0.1, -0.05) is 0 Å². The van der Waals surface area contributed by atoms with Gasteiger partial charge in [-0.05, 0) is 19.8 Å². The molecular weight excluding hydrogens is 328 g/mol. The number of piperidine rings is 1. The second kappa shape index (κ2) is 8.50. The van der Waals surface area contributed by atoms with Gasteiger partial charge in [-0.3, -0.25) is 19.1 Å². The quantitative estimate of drug-likeness (QED) is 0.721. The summed E-state index contributed by atoms with van der Waals surface area (Å²) in [6.07, 6.45) is 2.69. The Morgan fingerprint density at radius 2 is 2.00 bits per heavy atom. The molecule has 2 rings (SSSR count). The molecule has 9 nitrogen and oxygen atoms in total. The van der Waals surface area contributed by atoms with Gasteiger partial charge in [0, 0.05) is 26.3 Å². The summed E-state index contributed by atoms with van der Waals surface area (Å²) in [6, 6.07) is 0. The third kappa shape index (κ3) is 4.71. The number of hydrogen-bond donors (Lipinski definition) is 1. The van der Waals surface area contributed by atoms with Gasteiger partial charge in [0.15, 0.2) is 0 Å². The molecule has 9 heteroatoms. The minimum Gasteiger partial charge on any atom is -0.479 e. The van der Waals surface area contributed by atoms with Gasteiger partial charge in [-0.15, -0.1) is 5.10 Å². The van der Waals surface area contributed by atoms with Crippen LogP contribution in [0, 0.1) is 5.92 Å². The highest BCUT2D eigenvalue weighted by Gasteiger charge is 2.28. The number of hydrogen-bond acceptors (Lipinski definition) is 6. The fourth-order valence-corrected chi connectivity index (χ4v) is 2.76. The van der Waals surface area contributed by atoms with E-state index in [1.165, 1.54) is 18.0 Å². The number of aryl methyl sites for hydroxylation is 1. The smallest absolute Gasteiger partial charge is 0.309 e. The number of nitrogens with zero attached hydrogens (tertiary/aromatic N) is 3. The number of esters is 1. The molecule has 0 bridgehead atoms. The molecule has 1 aliphatic rings. The fraction of sp³-hybridized carbons (Fsp3) is 0.625. The van der Waals surface area contributed by atoms with Crippen molar-refractivity contribution in [3.05, 3.63) is 11.8 Å². The molecule has 2 amide bonds. The van der Waals surface area contributed by atoms with Crippen LogP contribution in [-0.4, -0.2) is 65.8 Å². The van der Waals surface area contributed by atoms with Crippen LogP contribution < -0.4 is 10.1 Å². The van der Waals surface area contributed by atoms with Crippen LogP contribution in [0.2, 0.25) is 0 Å². The Labute approximate surface area is 146 Å². The third-order valence-corrected chi connectivity index (χ3v) is 4.10. The predicted molar refractivity (Wildman–Crippen MR) is 88.0 cm³/mol. The second-order valence-corrected chi connectivity index (χ2v) is 5.82. The molecule has 1 aromatic heterocycles. The van der Waals surface area contributed by atoms with E-state index in [0.29, 0.717) is 32.5 Å². The topological polar surface area (TPSA) is 103 Å². The lowest BCUT2D eigenvalue weighted by Crippen LogP contribution is -2.45. The summed E-state index contributed by atoms with van der Waals surface area (Å²) < 4.78 is 11.5. The van der Waals surface area contributed by atoms with Crippen LogP contribution in [0.1, 0.15) is 30.1 Å². The van der Waals surface area contributed by atoms with Crippen molar-refractivity contribution < 1.29 is 23.9 Å². The van der Waals surface area contributed by atoms with E-state index in [9.17, 15) is 14.4 Å². The monoisotopic (exact) mass is 352 g/mol. The average molecular weight is 352 g/mol. The van der Waals surface area contributed by atoms with E-state index in [1.54, 1.807) is 18.9 Å². The molecule has 1 aromatic rings. The third-order valence-electron chi connectivity index (χ3n) is 4.10. The van der Waals surface area contributed by atoms with E-state index in [4.69, 9.17) is 9.47 Å². The van der Waals surface area contributed by atoms with E-state index in [2.05, 4.69) is 10.4 Å². The fourth-order valence-electron chi connectivity index (χ4n) is 2.76. The van der Waals surface area contributed by atoms with Gasteiger partial charge in [0.1, 0.15) is 5.56 Å². The van der Waals surface area contributed by atoms with Gasteiger partial charge in [-0.25, -0.2) is 0 Å². The SMILES string of the molecule is CCOC(=O)C1CCN(C(=O)CNC(=O)c2cn(C)nc2OC)CC1. The van der Waals surface area contributed by atoms with E-state index in [0.717, 1.165) is 0 Å². The summed E-state index contributed by atoms with van der Waals surface area (Å²) >= 11 is 0. The zero-order chi connectivity index (χ0) is 18.4. The Hall–Kier alpha value is -2.58. The zero-order valence-corrected chi connectivity index (χ0v) is 14.8. The van der Waals surface area contributed by atoms with Crippen molar-refractivity contribution in [1.29, 1.82) is 0 Å². The Bertz CT molecular complexity index is 634. The van der Waals surface area contributed by atoms with Crippen LogP contribution >= 0.6 is 0 Å². The number of methoxy groups -OCH3 is 1. The molecule has 1 fully saturated rings. The first-order valence-corrected chi connectivity index (χ1v) is 8.26. The number of likely N-dealkylation sites (tertiary alicyclic amines) is 1. The minimum atomic E-state index is -0.417. The summed E-state index contributed by atoms with van der Waals surface area (Å²) in [4.78, 5) is 37.8. The van der Waals surface area contributed by atoms with Gasteiger partial charge in [0.05, 0.1) is 26.2 Å². The number of nitrogens with one attached hydrogen (secondary N) is 1. The molecule has 0 aliphatic carbocycles. The highest BCUT2D eigenvalue weighted by Crippen LogP contribution is 2.19. The molecule has 0 aromatic carbocycles. The van der Waals surface area contributed by atoms with Gasteiger partial charge in [0.25, 0.3) is 5.91 Å². The lowest BCUT2D eigenvalue weighted by Gasteiger charge is -2.30. The van der Waals surface area contributed by atoms with Gasteiger partial charge < -0.3 is 19.7 Å². The zero-order valence-electron chi connectivity index (χ0n) is 14.8. The molecule has 1 saturated heterocycles. The molecule has 0 saturated carbocycles. The van der Waals surface area contributed by atoms with Crippen molar-refractivity contribution in [1.82, 2.24) is 20.0 Å². The molecule has 0 radical (unpaired) electrons. The summed E-state index contributed by atoms with van der Waals surface area (Å²) in [5, 5.41) is 6.58. The molecule has 1 N–H and O–H groups in total. The first-order chi connectivity index (χ1) is 12.0. The Morgan fingerprint density at radius 3 is 2.60 bits per heavy atom. The van der Waals surface area contributed by atoms with Crippen LogP contribution in [0.25, 0.3) is 0 Å². The maximum atomic E-state index is 12.2. The summed E-state index contributed by atoms with van der Waals surface area (Å²) in [6.45, 7) is 2.99. The number of rotatable bonds is 6. The van der Waals surface area contributed by atoms with Gasteiger partial charge >= 0.3 is 5.97 Å². The molecular formula is C16H24N4O5. The molecule has 0 atom stereocenters. The van der Waals surface area contributed by atoms with Crippen LogP contribution in [-0.2, 0) is 21.4 Å². The Morgan fingerprint density at radius 1 is 1.32 bits per heavy atom. The van der Waals surface area contributed by atoms with Crippen molar-refractivity contribution in [3.63, 3.8) is 0 Å². The molecule has 138 valence electrons. The molecule has 25 heavy (non-hydrogen) atoms. The van der Waals surface area contributed by atoms with E-state index >= 15 is 0 Å². The van der Waals surface area contributed by atoms with E-state index in [1.807, 2.05) is 0 Å². The largest absolute Gasteiger partial charge is 0.479 e. The number of aromatic nitrogens is 2. The minimum absolute atomic E-state index is 0.110. The van der Waals surface area contributed by atoms with E-state index < -0.39 is 5.91 Å². The Balaban J connectivity index is 1.81. The van der Waals surface area contributed by atoms with Crippen LogP contribution in [0.4, 0.5) is 0 Å². The number of carbonyl (C=O) groups excluding carboxylic acids is 3. The van der Waals surface area contributed by atoms with Crippen molar-refractivity contribution in [2.45, 2.75) is 19.8 Å². The highest BCUT2D eigenvalue weighted by atomic mass is 16.5. The number of carbonyl (C=O) groups is 3. The van der Waals surface area contributed by atoms with Crippen molar-refractivity contribution >= 4 is 17.8 Å². The maximum absolute atomic E-state index is 12.2. The molecule has 1 aliphatic heterocycles. The van der Waals surface area contributed by atoms with E-state index in [-0.39, 0.29) is 35.8 Å². The summed E-state index contributed by atoms with van der Waals surface area (Å²) in [5.74, 6) is -0.745. The normalized spacial score (nSPS) is 14.9. The van der Waals surface area contributed by atoms with Crippen LogP contribution in [0.5, 0.6) is 5.88 Å². The molecule has 2 heterocycles. The predicted octanol–water partition coefficient (Wildman–Crippen LogP) is -0.0398. The number of ether oxygens (including phenoxy) is 2. The molecule has 0 unspecified atom stereocenters. The number of amides is 2. The van der Waals surface area contributed by atoms with Crippen LogP contribution in [0.3, 0.4) is 0 Å². The maximum Gasteiger partial charge on any atom is 0.309 e. The summed E-state index contributed by atoms with van der Waals surface area (Å²) in [7, 11) is 3.11. The Kier molecular flexibility index (Phi) is 6.37. The van der Waals surface area contributed by atoms with Crippen molar-refractivity contribution in [3.8, 4) is 5.88 Å². The molecule has 0 spiro atoms. The van der Waals surface area contributed by atoms with Crippen molar-refractivity contribution in [2.75, 3.05) is 33.4 Å². The average Bonchev–Trinajstić information content (AvgIpc) is 3.00. The van der Waals surface area contributed by atoms with Gasteiger partial charge in [0.2, 0.25) is 11.8 Å². The summed E-state index contributed by atoms with van der Waals surface area (Å²) in [5.41, 5.74) is 0.277. The van der Waals surface area contributed by atoms with Crippen LogP contribution in [0.15, 0.2) is 6.20 Å². The lowest BCUT2D eigenvalue weighted by atomic mass is 9.97. The van der Waals surface area contributed by atoms with Crippen molar-refractivity contribution in [2.24, 2.45) is 13.0 Å². The highest BCUT2D eigenvalue weighted by molar-refractivity contribution is 5.98. The second-order valence-electron chi connectivity index (χ2n) is 5.82. The lowest BCUT2D eigenvalue weighted by molar-refractivity contribution is -0.151.